The second-order valence-electron chi connectivity index (χ2n) is 7.76. The van der Waals surface area contributed by atoms with Crippen LogP contribution in [0.2, 0.25) is 0 Å². The van der Waals surface area contributed by atoms with Crippen molar-refractivity contribution >= 4 is 17.3 Å². The molecular formula is C22H27N3O2. The Kier molecular flexibility index (Phi) is 4.56. The second-order valence-corrected chi connectivity index (χ2v) is 7.76. The first-order chi connectivity index (χ1) is 13.0. The number of carbonyl (C=O) groups excluding carboxylic acids is 1. The molecule has 1 amide bonds. The van der Waals surface area contributed by atoms with E-state index in [4.69, 9.17) is 4.74 Å². The molecule has 2 aliphatic heterocycles. The Hall–Kier alpha value is -2.53. The van der Waals surface area contributed by atoms with E-state index in [1.165, 1.54) is 16.7 Å². The van der Waals surface area contributed by atoms with Gasteiger partial charge in [0, 0.05) is 25.2 Å². The number of fused-ring (bicyclic) bond motifs is 1. The quantitative estimate of drug-likeness (QED) is 0.871. The largest absolute Gasteiger partial charge is 0.496 e. The minimum Gasteiger partial charge on any atom is -0.496 e. The number of para-hydroxylation sites is 2. The third-order valence-corrected chi connectivity index (χ3v) is 5.79. The van der Waals surface area contributed by atoms with E-state index in [-0.39, 0.29) is 5.91 Å². The van der Waals surface area contributed by atoms with Gasteiger partial charge in [-0.1, -0.05) is 29.8 Å². The topological polar surface area (TPSA) is 53.6 Å². The molecule has 0 aromatic heterocycles. The molecule has 0 radical (unpaired) electrons. The van der Waals surface area contributed by atoms with Gasteiger partial charge in [0.2, 0.25) is 5.91 Å². The van der Waals surface area contributed by atoms with Crippen LogP contribution in [-0.2, 0) is 11.3 Å². The summed E-state index contributed by atoms with van der Waals surface area (Å²) in [6, 6.07) is 12.3. The molecule has 0 atom stereocenters. The van der Waals surface area contributed by atoms with Gasteiger partial charge in [0.1, 0.15) is 11.3 Å². The van der Waals surface area contributed by atoms with Crippen molar-refractivity contribution < 1.29 is 9.53 Å². The van der Waals surface area contributed by atoms with Crippen LogP contribution in [0.15, 0.2) is 36.4 Å². The Morgan fingerprint density at radius 3 is 2.52 bits per heavy atom. The van der Waals surface area contributed by atoms with Crippen molar-refractivity contribution in [3.63, 3.8) is 0 Å². The highest BCUT2D eigenvalue weighted by molar-refractivity contribution is 6.06. The Labute approximate surface area is 160 Å². The van der Waals surface area contributed by atoms with Gasteiger partial charge in [-0.2, -0.15) is 0 Å². The molecule has 5 heteroatoms. The van der Waals surface area contributed by atoms with Gasteiger partial charge in [-0.15, -0.1) is 0 Å². The zero-order valence-electron chi connectivity index (χ0n) is 16.3. The highest BCUT2D eigenvalue weighted by atomic mass is 16.5. The van der Waals surface area contributed by atoms with E-state index in [1.54, 1.807) is 7.11 Å². The van der Waals surface area contributed by atoms with Crippen LogP contribution in [0.25, 0.3) is 0 Å². The maximum atomic E-state index is 12.8. The molecule has 0 saturated carbocycles. The van der Waals surface area contributed by atoms with Crippen LogP contribution in [0, 0.1) is 13.8 Å². The normalized spacial score (nSPS) is 18.6. The van der Waals surface area contributed by atoms with Crippen LogP contribution in [0.4, 0.5) is 11.4 Å². The summed E-state index contributed by atoms with van der Waals surface area (Å²) in [5.74, 6) is 1.06. The van der Waals surface area contributed by atoms with E-state index in [0.29, 0.717) is 0 Å². The lowest BCUT2D eigenvalue weighted by molar-refractivity contribution is -0.122. The maximum Gasteiger partial charge on any atom is 0.250 e. The first-order valence-corrected chi connectivity index (χ1v) is 9.56. The SMILES string of the molecule is COc1c(C)cc(C)cc1CN1CCC2(CC1)Nc1ccccc1NC2=O. The molecule has 27 heavy (non-hydrogen) atoms. The minimum absolute atomic E-state index is 0.0878. The fourth-order valence-electron chi connectivity index (χ4n) is 4.40. The zero-order chi connectivity index (χ0) is 19.0. The Morgan fingerprint density at radius 2 is 1.81 bits per heavy atom. The van der Waals surface area contributed by atoms with Gasteiger partial charge >= 0.3 is 0 Å². The number of benzene rings is 2. The molecule has 2 heterocycles. The lowest BCUT2D eigenvalue weighted by atomic mass is 9.84. The average Bonchev–Trinajstić information content (AvgIpc) is 2.64. The number of hydrogen-bond donors (Lipinski definition) is 2. The highest BCUT2D eigenvalue weighted by Gasteiger charge is 2.44. The Bertz CT molecular complexity index is 870. The van der Waals surface area contributed by atoms with Crippen LogP contribution < -0.4 is 15.4 Å². The summed E-state index contributed by atoms with van der Waals surface area (Å²) in [5, 5.41) is 6.60. The Balaban J connectivity index is 1.48. The summed E-state index contributed by atoms with van der Waals surface area (Å²) in [7, 11) is 1.74. The van der Waals surface area contributed by atoms with Crippen molar-refractivity contribution in [1.29, 1.82) is 0 Å². The van der Waals surface area contributed by atoms with Crippen LogP contribution in [0.5, 0.6) is 5.75 Å². The number of anilines is 2. The summed E-state index contributed by atoms with van der Waals surface area (Å²) in [6.45, 7) is 6.81. The van der Waals surface area contributed by atoms with Crippen LogP contribution in [0.3, 0.4) is 0 Å². The number of nitrogens with one attached hydrogen (secondary N) is 2. The van der Waals surface area contributed by atoms with Crippen LogP contribution >= 0.6 is 0 Å². The van der Waals surface area contributed by atoms with Crippen LogP contribution in [-0.4, -0.2) is 36.5 Å². The number of aryl methyl sites for hydroxylation is 2. The summed E-state index contributed by atoms with van der Waals surface area (Å²) >= 11 is 0. The van der Waals surface area contributed by atoms with Crippen molar-refractivity contribution in [2.45, 2.75) is 38.8 Å². The van der Waals surface area contributed by atoms with Gasteiger partial charge in [0.25, 0.3) is 0 Å². The number of carbonyl (C=O) groups is 1. The molecule has 0 aliphatic carbocycles. The van der Waals surface area contributed by atoms with Crippen molar-refractivity contribution in [3.05, 3.63) is 53.1 Å². The van der Waals surface area contributed by atoms with E-state index in [1.807, 2.05) is 24.3 Å². The lowest BCUT2D eigenvalue weighted by Crippen LogP contribution is -2.58. The monoisotopic (exact) mass is 365 g/mol. The first kappa shape index (κ1) is 17.9. The van der Waals surface area contributed by atoms with E-state index < -0.39 is 5.54 Å². The molecule has 2 aromatic rings. The molecule has 1 fully saturated rings. The maximum absolute atomic E-state index is 12.8. The standard InChI is InChI=1S/C22H27N3O2/c1-15-12-16(2)20(27-3)17(13-15)14-25-10-8-22(9-11-25)21(26)23-18-6-4-5-7-19(18)24-22/h4-7,12-13,24H,8-11,14H2,1-3H3,(H,23,26). The highest BCUT2D eigenvalue weighted by Crippen LogP contribution is 2.37. The molecule has 2 aromatic carbocycles. The predicted octanol–water partition coefficient (Wildman–Crippen LogP) is 3.71. The number of piperidine rings is 1. The second kappa shape index (κ2) is 6.89. The molecule has 142 valence electrons. The molecule has 2 N–H and O–H groups in total. The fourth-order valence-corrected chi connectivity index (χ4v) is 4.40. The third-order valence-electron chi connectivity index (χ3n) is 5.79. The van der Waals surface area contributed by atoms with E-state index in [2.05, 4.69) is 41.5 Å². The summed E-state index contributed by atoms with van der Waals surface area (Å²) in [6.07, 6.45) is 1.58. The third kappa shape index (κ3) is 3.28. The smallest absolute Gasteiger partial charge is 0.250 e. The van der Waals surface area contributed by atoms with Gasteiger partial charge < -0.3 is 15.4 Å². The molecule has 1 saturated heterocycles. The molecule has 4 rings (SSSR count). The zero-order valence-corrected chi connectivity index (χ0v) is 16.3. The summed E-state index contributed by atoms with van der Waals surface area (Å²) in [4.78, 5) is 15.2. The van der Waals surface area contributed by atoms with Gasteiger partial charge in [0.05, 0.1) is 18.5 Å². The van der Waals surface area contributed by atoms with Gasteiger partial charge in [0.15, 0.2) is 0 Å². The number of nitrogens with zero attached hydrogens (tertiary/aromatic N) is 1. The van der Waals surface area contributed by atoms with E-state index in [0.717, 1.165) is 49.6 Å². The van der Waals surface area contributed by atoms with Crippen molar-refractivity contribution in [2.24, 2.45) is 0 Å². The number of ether oxygens (including phenoxy) is 1. The fraction of sp³-hybridized carbons (Fsp3) is 0.409. The number of hydrogen-bond acceptors (Lipinski definition) is 4. The first-order valence-electron chi connectivity index (χ1n) is 9.56. The average molecular weight is 365 g/mol. The molecular weight excluding hydrogens is 338 g/mol. The molecule has 1 spiro atoms. The molecule has 0 bridgehead atoms. The lowest BCUT2D eigenvalue weighted by Gasteiger charge is -2.44. The van der Waals surface area contributed by atoms with Gasteiger partial charge in [-0.05, 0) is 44.4 Å². The van der Waals surface area contributed by atoms with Gasteiger partial charge in [-0.25, -0.2) is 0 Å². The molecule has 0 unspecified atom stereocenters. The molecule has 2 aliphatic rings. The minimum atomic E-state index is -0.503. The van der Waals surface area contributed by atoms with Gasteiger partial charge in [-0.3, -0.25) is 9.69 Å². The number of rotatable bonds is 3. The van der Waals surface area contributed by atoms with E-state index in [9.17, 15) is 4.79 Å². The van der Waals surface area contributed by atoms with Crippen molar-refractivity contribution in [1.82, 2.24) is 4.90 Å². The van der Waals surface area contributed by atoms with Crippen molar-refractivity contribution in [3.8, 4) is 5.75 Å². The summed E-state index contributed by atoms with van der Waals surface area (Å²) < 4.78 is 5.64. The Morgan fingerprint density at radius 1 is 1.11 bits per heavy atom. The number of methoxy groups -OCH3 is 1. The summed E-state index contributed by atoms with van der Waals surface area (Å²) in [5.41, 5.74) is 5.03. The van der Waals surface area contributed by atoms with E-state index >= 15 is 0 Å². The number of amides is 1. The van der Waals surface area contributed by atoms with Crippen molar-refractivity contribution in [2.75, 3.05) is 30.8 Å². The number of likely N-dealkylation sites (tertiary alicyclic amines) is 1. The predicted molar refractivity (Wildman–Crippen MR) is 108 cm³/mol. The van der Waals surface area contributed by atoms with Crippen LogP contribution in [0.1, 0.15) is 29.5 Å². The molecule has 5 nitrogen and oxygen atoms in total.